The lowest BCUT2D eigenvalue weighted by molar-refractivity contribution is 0.0130. The van der Waals surface area contributed by atoms with E-state index in [1.807, 2.05) is 0 Å². The monoisotopic (exact) mass is 352 g/mol. The quantitative estimate of drug-likeness (QED) is 0.624. The van der Waals surface area contributed by atoms with Crippen LogP contribution in [0.15, 0.2) is 32.2 Å². The fourth-order valence-corrected chi connectivity index (χ4v) is 2.13. The molecule has 0 bridgehead atoms. The highest BCUT2D eigenvalue weighted by atomic mass is 16.6. The van der Waals surface area contributed by atoms with Crippen molar-refractivity contribution in [3.8, 4) is 0 Å². The Morgan fingerprint density at radius 1 is 1.32 bits per heavy atom. The van der Waals surface area contributed by atoms with E-state index in [-0.39, 0.29) is 23.0 Å². The summed E-state index contributed by atoms with van der Waals surface area (Å²) in [4.78, 5) is 36.7. The van der Waals surface area contributed by atoms with Crippen LogP contribution in [0, 0.1) is 0 Å². The van der Waals surface area contributed by atoms with Crippen molar-refractivity contribution in [3.63, 3.8) is 0 Å². The number of amides is 1. The van der Waals surface area contributed by atoms with Crippen molar-refractivity contribution >= 4 is 17.0 Å². The Labute approximate surface area is 142 Å². The molecule has 2 unspecified atom stereocenters. The molecule has 2 aromatic rings. The maximum Gasteiger partial charge on any atom is 0.419 e. The molecule has 9 nitrogen and oxygen atoms in total. The number of H-pyrrole nitrogens is 1. The van der Waals surface area contributed by atoms with E-state index in [1.54, 1.807) is 20.8 Å². The number of alkyl carbamates (subject to hydrolysis) is 1. The summed E-state index contributed by atoms with van der Waals surface area (Å²) in [5.41, 5.74) is -1.06. The minimum absolute atomic E-state index is 0.0588. The fourth-order valence-electron chi connectivity index (χ4n) is 2.13. The van der Waals surface area contributed by atoms with Crippen LogP contribution in [-0.4, -0.2) is 39.5 Å². The van der Waals surface area contributed by atoms with E-state index in [0.29, 0.717) is 0 Å². The Hall–Kier alpha value is -2.65. The summed E-state index contributed by atoms with van der Waals surface area (Å²) in [5, 5.41) is 22.6. The van der Waals surface area contributed by atoms with Crippen molar-refractivity contribution in [1.29, 1.82) is 0 Å². The lowest BCUT2D eigenvalue weighted by Gasteiger charge is -2.22. The molecule has 2 atom stereocenters. The van der Waals surface area contributed by atoms with Gasteiger partial charge < -0.3 is 24.7 Å². The molecule has 136 valence electrons. The number of aliphatic hydroxyl groups excluding tert-OH is 2. The van der Waals surface area contributed by atoms with Crippen LogP contribution < -0.4 is 16.7 Å². The van der Waals surface area contributed by atoms with E-state index < -0.39 is 35.3 Å². The standard InChI is InChI=1S/C16H20N2O7/c1-16(2,3)25-14(22)17-7-11(19)12(20)8-4-5-10-9(6-8)13(21)24-15(23)18-10/h4-6,11-12,19-20H,7H2,1-3H3,(H,17,22)(H,18,23). The second kappa shape index (κ2) is 7.08. The van der Waals surface area contributed by atoms with Crippen LogP contribution in [0.5, 0.6) is 0 Å². The smallest absolute Gasteiger partial charge is 0.419 e. The molecule has 1 heterocycles. The van der Waals surface area contributed by atoms with Crippen molar-refractivity contribution in [2.24, 2.45) is 0 Å². The number of rotatable bonds is 4. The third kappa shape index (κ3) is 4.91. The van der Waals surface area contributed by atoms with Crippen LogP contribution >= 0.6 is 0 Å². The number of carbonyl (C=O) groups excluding carboxylic acids is 1. The summed E-state index contributed by atoms with van der Waals surface area (Å²) in [6, 6.07) is 4.16. The highest BCUT2D eigenvalue weighted by Crippen LogP contribution is 2.19. The third-order valence-corrected chi connectivity index (χ3v) is 3.25. The van der Waals surface area contributed by atoms with Crippen LogP contribution in [0.4, 0.5) is 4.79 Å². The predicted octanol–water partition coefficient (Wildman–Crippen LogP) is 0.400. The molecule has 0 aliphatic rings. The van der Waals surface area contributed by atoms with E-state index in [4.69, 9.17) is 4.74 Å². The highest BCUT2D eigenvalue weighted by molar-refractivity contribution is 5.77. The second-order valence-electron chi connectivity index (χ2n) is 6.50. The first-order valence-electron chi connectivity index (χ1n) is 7.57. The third-order valence-electron chi connectivity index (χ3n) is 3.25. The van der Waals surface area contributed by atoms with Gasteiger partial charge in [0.25, 0.3) is 0 Å². The van der Waals surface area contributed by atoms with Gasteiger partial charge >= 0.3 is 17.5 Å². The molecule has 0 saturated carbocycles. The van der Waals surface area contributed by atoms with Crippen molar-refractivity contribution in [3.05, 3.63) is 44.7 Å². The molecule has 0 aliphatic heterocycles. The predicted molar refractivity (Wildman–Crippen MR) is 88.3 cm³/mol. The van der Waals surface area contributed by atoms with E-state index in [2.05, 4.69) is 14.7 Å². The van der Waals surface area contributed by atoms with Gasteiger partial charge in [-0.3, -0.25) is 4.98 Å². The Balaban J connectivity index is 2.10. The molecule has 0 fully saturated rings. The maximum atomic E-state index is 11.7. The molecular formula is C16H20N2O7. The lowest BCUT2D eigenvalue weighted by atomic mass is 10.0. The number of fused-ring (bicyclic) bond motifs is 1. The molecule has 9 heteroatoms. The summed E-state index contributed by atoms with van der Waals surface area (Å²) in [6.45, 7) is 4.84. The molecule has 0 aliphatic carbocycles. The zero-order chi connectivity index (χ0) is 18.8. The molecule has 0 saturated heterocycles. The van der Waals surface area contributed by atoms with Crippen molar-refractivity contribution in [2.45, 2.75) is 38.6 Å². The number of hydrogen-bond donors (Lipinski definition) is 4. The minimum Gasteiger partial charge on any atom is -0.444 e. The van der Waals surface area contributed by atoms with Gasteiger partial charge in [0.15, 0.2) is 0 Å². The first-order chi connectivity index (χ1) is 11.6. The fraction of sp³-hybridized carbons (Fsp3) is 0.438. The first kappa shape index (κ1) is 18.7. The van der Waals surface area contributed by atoms with Crippen LogP contribution in [-0.2, 0) is 4.74 Å². The van der Waals surface area contributed by atoms with Gasteiger partial charge in [-0.15, -0.1) is 0 Å². The normalized spacial score (nSPS) is 14.1. The Morgan fingerprint density at radius 2 is 2.00 bits per heavy atom. The van der Waals surface area contributed by atoms with E-state index in [0.717, 1.165) is 0 Å². The summed E-state index contributed by atoms with van der Waals surface area (Å²) < 4.78 is 9.45. The number of carbonyl (C=O) groups is 1. The van der Waals surface area contributed by atoms with Gasteiger partial charge in [-0.25, -0.2) is 14.4 Å². The zero-order valence-electron chi connectivity index (χ0n) is 14.0. The van der Waals surface area contributed by atoms with Gasteiger partial charge in [0.1, 0.15) is 17.8 Å². The zero-order valence-corrected chi connectivity index (χ0v) is 14.0. The molecule has 1 amide bonds. The van der Waals surface area contributed by atoms with Crippen LogP contribution in [0.2, 0.25) is 0 Å². The van der Waals surface area contributed by atoms with Crippen molar-refractivity contribution in [1.82, 2.24) is 10.3 Å². The number of ether oxygens (including phenoxy) is 1. The van der Waals surface area contributed by atoms with Crippen molar-refractivity contribution < 1.29 is 24.2 Å². The van der Waals surface area contributed by atoms with Crippen molar-refractivity contribution in [2.75, 3.05) is 6.54 Å². The maximum absolute atomic E-state index is 11.7. The second-order valence-corrected chi connectivity index (χ2v) is 6.50. The molecule has 0 spiro atoms. The Bertz CT molecular complexity index is 878. The number of aliphatic hydroxyl groups is 2. The molecule has 4 N–H and O–H groups in total. The number of benzene rings is 1. The Kier molecular flexibility index (Phi) is 5.29. The molecular weight excluding hydrogens is 332 g/mol. The number of nitrogens with one attached hydrogen (secondary N) is 2. The van der Waals surface area contributed by atoms with Crippen LogP contribution in [0.3, 0.4) is 0 Å². The summed E-state index contributed by atoms with van der Waals surface area (Å²) in [7, 11) is 0. The number of aromatic amines is 1. The van der Waals surface area contributed by atoms with Gasteiger partial charge in [-0.1, -0.05) is 6.07 Å². The van der Waals surface area contributed by atoms with Gasteiger partial charge in [-0.05, 0) is 38.5 Å². The van der Waals surface area contributed by atoms with E-state index >= 15 is 0 Å². The lowest BCUT2D eigenvalue weighted by Crippen LogP contribution is -2.38. The first-order valence-corrected chi connectivity index (χ1v) is 7.57. The molecule has 25 heavy (non-hydrogen) atoms. The molecule has 1 aromatic heterocycles. The number of hydrogen-bond acceptors (Lipinski definition) is 7. The Morgan fingerprint density at radius 3 is 2.64 bits per heavy atom. The molecule has 2 rings (SSSR count). The SMILES string of the molecule is CC(C)(C)OC(=O)NCC(O)C(O)c1ccc2[nH]c(=O)oc(=O)c2c1. The van der Waals surface area contributed by atoms with Gasteiger partial charge in [0.05, 0.1) is 10.9 Å². The van der Waals surface area contributed by atoms with Gasteiger partial charge in [0, 0.05) is 6.54 Å². The van der Waals surface area contributed by atoms with Crippen LogP contribution in [0.25, 0.3) is 10.9 Å². The average Bonchev–Trinajstić information content (AvgIpc) is 2.49. The van der Waals surface area contributed by atoms with E-state index in [9.17, 15) is 24.6 Å². The van der Waals surface area contributed by atoms with Gasteiger partial charge in [-0.2, -0.15) is 0 Å². The summed E-state index contributed by atoms with van der Waals surface area (Å²) >= 11 is 0. The average molecular weight is 352 g/mol. The molecule has 1 aromatic carbocycles. The largest absolute Gasteiger partial charge is 0.444 e. The number of aromatic nitrogens is 1. The minimum atomic E-state index is -1.37. The summed E-state index contributed by atoms with van der Waals surface area (Å²) in [5.74, 6) is -0.882. The topological polar surface area (TPSA) is 142 Å². The van der Waals surface area contributed by atoms with Crippen LogP contribution in [0.1, 0.15) is 32.4 Å². The van der Waals surface area contributed by atoms with Gasteiger partial charge in [0.2, 0.25) is 0 Å². The molecule has 0 radical (unpaired) electrons. The highest BCUT2D eigenvalue weighted by Gasteiger charge is 2.22. The summed E-state index contributed by atoms with van der Waals surface area (Å²) in [6.07, 6.45) is -3.43. The van der Waals surface area contributed by atoms with E-state index in [1.165, 1.54) is 18.2 Å².